The van der Waals surface area contributed by atoms with Gasteiger partial charge in [-0.05, 0) is 42.3 Å². The minimum absolute atomic E-state index is 0.0538. The fourth-order valence-electron chi connectivity index (χ4n) is 2.02. The number of rotatable bonds is 6. The van der Waals surface area contributed by atoms with Crippen LogP contribution in [0.4, 0.5) is 5.69 Å². The van der Waals surface area contributed by atoms with Crippen molar-refractivity contribution in [3.63, 3.8) is 0 Å². The van der Waals surface area contributed by atoms with E-state index >= 15 is 0 Å². The molecule has 0 saturated carbocycles. The lowest BCUT2D eigenvalue weighted by Gasteiger charge is -2.09. The van der Waals surface area contributed by atoms with Crippen molar-refractivity contribution in [1.29, 1.82) is 0 Å². The summed E-state index contributed by atoms with van der Waals surface area (Å²) in [4.78, 5) is 11.7. The normalized spacial score (nSPS) is 10.2. The molecular formula is C17H20N2O2. The van der Waals surface area contributed by atoms with Gasteiger partial charge in [-0.15, -0.1) is 0 Å². The fourth-order valence-corrected chi connectivity index (χ4v) is 2.02. The molecule has 0 aromatic heterocycles. The van der Waals surface area contributed by atoms with Crippen LogP contribution in [0.25, 0.3) is 0 Å². The van der Waals surface area contributed by atoms with Gasteiger partial charge in [0.15, 0.2) is 0 Å². The molecule has 4 heteroatoms. The van der Waals surface area contributed by atoms with Crippen LogP contribution in [0.1, 0.15) is 21.5 Å². The first-order chi connectivity index (χ1) is 10.2. The van der Waals surface area contributed by atoms with E-state index in [9.17, 15) is 4.79 Å². The largest absolute Gasteiger partial charge is 0.395 e. The molecule has 0 bridgehead atoms. The maximum absolute atomic E-state index is 11.7. The number of aliphatic hydroxyl groups is 1. The maximum Gasteiger partial charge on any atom is 0.251 e. The summed E-state index contributed by atoms with van der Waals surface area (Å²) < 4.78 is 0. The SMILES string of the molecule is Cc1ccccc1CNc1ccc(C(=O)NCCO)cc1. The molecular weight excluding hydrogens is 264 g/mol. The van der Waals surface area contributed by atoms with Crippen molar-refractivity contribution in [2.24, 2.45) is 0 Å². The molecule has 110 valence electrons. The number of nitrogens with one attached hydrogen (secondary N) is 2. The van der Waals surface area contributed by atoms with E-state index in [0.717, 1.165) is 12.2 Å². The highest BCUT2D eigenvalue weighted by atomic mass is 16.3. The summed E-state index contributed by atoms with van der Waals surface area (Å²) in [5.41, 5.74) is 4.06. The first-order valence-electron chi connectivity index (χ1n) is 6.98. The molecule has 1 amide bonds. The van der Waals surface area contributed by atoms with Crippen LogP contribution in [-0.4, -0.2) is 24.2 Å². The van der Waals surface area contributed by atoms with Gasteiger partial charge in [0.05, 0.1) is 6.61 Å². The Morgan fingerprint density at radius 2 is 1.81 bits per heavy atom. The van der Waals surface area contributed by atoms with Crippen LogP contribution in [0, 0.1) is 6.92 Å². The molecule has 0 aliphatic rings. The van der Waals surface area contributed by atoms with E-state index in [1.807, 2.05) is 24.3 Å². The van der Waals surface area contributed by atoms with Gasteiger partial charge in [0.25, 0.3) is 5.91 Å². The zero-order chi connectivity index (χ0) is 15.1. The van der Waals surface area contributed by atoms with Crippen molar-refractivity contribution in [2.75, 3.05) is 18.5 Å². The molecule has 0 unspecified atom stereocenters. The van der Waals surface area contributed by atoms with Crippen molar-refractivity contribution < 1.29 is 9.90 Å². The summed E-state index contributed by atoms with van der Waals surface area (Å²) in [7, 11) is 0. The molecule has 0 heterocycles. The van der Waals surface area contributed by atoms with E-state index < -0.39 is 0 Å². The molecule has 0 radical (unpaired) electrons. The molecule has 2 aromatic carbocycles. The molecule has 21 heavy (non-hydrogen) atoms. The lowest BCUT2D eigenvalue weighted by molar-refractivity contribution is 0.0945. The Balaban J connectivity index is 1.93. The number of carbonyl (C=O) groups excluding carboxylic acids is 1. The van der Waals surface area contributed by atoms with Crippen LogP contribution in [-0.2, 0) is 6.54 Å². The second-order valence-electron chi connectivity index (χ2n) is 4.84. The van der Waals surface area contributed by atoms with Crippen LogP contribution in [0.5, 0.6) is 0 Å². The molecule has 2 aromatic rings. The number of aryl methyl sites for hydroxylation is 1. The standard InChI is InChI=1S/C17H20N2O2/c1-13-4-2-3-5-15(13)12-19-16-8-6-14(7-9-16)17(21)18-10-11-20/h2-9,19-20H,10-12H2,1H3,(H,18,21). The number of hydrogen-bond donors (Lipinski definition) is 3. The summed E-state index contributed by atoms with van der Waals surface area (Å²) >= 11 is 0. The van der Waals surface area contributed by atoms with Gasteiger partial charge in [0.1, 0.15) is 0 Å². The van der Waals surface area contributed by atoms with Gasteiger partial charge in [-0.3, -0.25) is 4.79 Å². The van der Waals surface area contributed by atoms with Crippen LogP contribution in [0.3, 0.4) is 0 Å². The molecule has 3 N–H and O–H groups in total. The topological polar surface area (TPSA) is 61.4 Å². The van der Waals surface area contributed by atoms with Gasteiger partial charge in [-0.2, -0.15) is 0 Å². The Kier molecular flexibility index (Phi) is 5.35. The highest BCUT2D eigenvalue weighted by Gasteiger charge is 2.04. The van der Waals surface area contributed by atoms with Crippen molar-refractivity contribution in [3.8, 4) is 0 Å². The van der Waals surface area contributed by atoms with Crippen molar-refractivity contribution in [3.05, 3.63) is 65.2 Å². The highest BCUT2D eigenvalue weighted by molar-refractivity contribution is 5.94. The average Bonchev–Trinajstić information content (AvgIpc) is 2.52. The van der Waals surface area contributed by atoms with E-state index in [2.05, 4.69) is 29.7 Å². The monoisotopic (exact) mass is 284 g/mol. The summed E-state index contributed by atoms with van der Waals surface area (Å²) in [6.45, 7) is 3.06. The van der Waals surface area contributed by atoms with Crippen molar-refractivity contribution >= 4 is 11.6 Å². The van der Waals surface area contributed by atoms with E-state index in [0.29, 0.717) is 5.56 Å². The Morgan fingerprint density at radius 1 is 1.10 bits per heavy atom. The van der Waals surface area contributed by atoms with E-state index in [-0.39, 0.29) is 19.1 Å². The number of anilines is 1. The second kappa shape index (κ2) is 7.45. The Hall–Kier alpha value is -2.33. The van der Waals surface area contributed by atoms with E-state index in [1.54, 1.807) is 12.1 Å². The number of hydrogen-bond acceptors (Lipinski definition) is 3. The van der Waals surface area contributed by atoms with Crippen molar-refractivity contribution in [1.82, 2.24) is 5.32 Å². The molecule has 0 fully saturated rings. The zero-order valence-electron chi connectivity index (χ0n) is 12.1. The summed E-state index contributed by atoms with van der Waals surface area (Å²) in [6.07, 6.45) is 0. The molecule has 0 spiro atoms. The molecule has 2 rings (SSSR count). The van der Waals surface area contributed by atoms with Crippen LogP contribution in [0.2, 0.25) is 0 Å². The van der Waals surface area contributed by atoms with Crippen molar-refractivity contribution in [2.45, 2.75) is 13.5 Å². The predicted molar refractivity (Wildman–Crippen MR) is 84.4 cm³/mol. The molecule has 0 saturated heterocycles. The number of aliphatic hydroxyl groups excluding tert-OH is 1. The van der Waals surface area contributed by atoms with Crippen LogP contribution < -0.4 is 10.6 Å². The molecule has 4 nitrogen and oxygen atoms in total. The van der Waals surface area contributed by atoms with Gasteiger partial charge < -0.3 is 15.7 Å². The summed E-state index contributed by atoms with van der Waals surface area (Å²) in [6, 6.07) is 15.5. The molecule has 0 aliphatic heterocycles. The van der Waals surface area contributed by atoms with Gasteiger partial charge in [0.2, 0.25) is 0 Å². The van der Waals surface area contributed by atoms with Gasteiger partial charge in [-0.1, -0.05) is 24.3 Å². The molecule has 0 atom stereocenters. The lowest BCUT2D eigenvalue weighted by atomic mass is 10.1. The number of benzene rings is 2. The Labute approximate surface area is 124 Å². The maximum atomic E-state index is 11.7. The summed E-state index contributed by atoms with van der Waals surface area (Å²) in [5.74, 6) is -0.172. The quantitative estimate of drug-likeness (QED) is 0.763. The molecule has 0 aliphatic carbocycles. The lowest BCUT2D eigenvalue weighted by Crippen LogP contribution is -2.26. The first kappa shape index (κ1) is 15.1. The number of amides is 1. The third-order valence-electron chi connectivity index (χ3n) is 3.29. The second-order valence-corrected chi connectivity index (χ2v) is 4.84. The third kappa shape index (κ3) is 4.33. The Bertz CT molecular complexity index is 594. The minimum atomic E-state index is -0.172. The van der Waals surface area contributed by atoms with Gasteiger partial charge >= 0.3 is 0 Å². The van der Waals surface area contributed by atoms with Crippen LogP contribution >= 0.6 is 0 Å². The zero-order valence-corrected chi connectivity index (χ0v) is 12.1. The smallest absolute Gasteiger partial charge is 0.251 e. The average molecular weight is 284 g/mol. The Morgan fingerprint density at radius 3 is 2.48 bits per heavy atom. The minimum Gasteiger partial charge on any atom is -0.395 e. The van der Waals surface area contributed by atoms with E-state index in [4.69, 9.17) is 5.11 Å². The van der Waals surface area contributed by atoms with Gasteiger partial charge in [-0.25, -0.2) is 0 Å². The number of carbonyl (C=O) groups is 1. The fraction of sp³-hybridized carbons (Fsp3) is 0.235. The first-order valence-corrected chi connectivity index (χ1v) is 6.98. The van der Waals surface area contributed by atoms with Gasteiger partial charge in [0, 0.05) is 24.3 Å². The predicted octanol–water partition coefficient (Wildman–Crippen LogP) is 2.33. The third-order valence-corrected chi connectivity index (χ3v) is 3.29. The van der Waals surface area contributed by atoms with Crippen LogP contribution in [0.15, 0.2) is 48.5 Å². The highest BCUT2D eigenvalue weighted by Crippen LogP contribution is 2.13. The summed E-state index contributed by atoms with van der Waals surface area (Å²) in [5, 5.41) is 14.6. The van der Waals surface area contributed by atoms with E-state index in [1.165, 1.54) is 11.1 Å².